The maximum absolute atomic E-state index is 11.2. The van der Waals surface area contributed by atoms with Crippen LogP contribution in [0.2, 0.25) is 0 Å². The molecule has 0 N–H and O–H groups in total. The van der Waals surface area contributed by atoms with E-state index in [2.05, 4.69) is 4.99 Å². The Kier molecular flexibility index (Phi) is 2.92. The summed E-state index contributed by atoms with van der Waals surface area (Å²) in [6.45, 7) is 0. The van der Waals surface area contributed by atoms with Crippen molar-refractivity contribution in [3.63, 3.8) is 0 Å². The highest BCUT2D eigenvalue weighted by Gasteiger charge is 2.29. The SMILES string of the molecule is CN=C1S[C@H](C(=O)[O-])CC(=O)N1C. The van der Waals surface area contributed by atoms with Gasteiger partial charge in [-0.1, -0.05) is 11.8 Å². The van der Waals surface area contributed by atoms with E-state index in [4.69, 9.17) is 0 Å². The van der Waals surface area contributed by atoms with E-state index < -0.39 is 11.2 Å². The lowest BCUT2D eigenvalue weighted by Gasteiger charge is -2.29. The Balaban J connectivity index is 2.81. The van der Waals surface area contributed by atoms with E-state index in [0.29, 0.717) is 5.17 Å². The minimum Gasteiger partial charge on any atom is -0.549 e. The first kappa shape index (κ1) is 10.0. The van der Waals surface area contributed by atoms with Crippen LogP contribution in [0.1, 0.15) is 6.42 Å². The molecule has 0 aromatic carbocycles. The third-order valence-corrected chi connectivity index (χ3v) is 3.03. The quantitative estimate of drug-likeness (QED) is 0.528. The molecule has 1 rings (SSSR count). The van der Waals surface area contributed by atoms with Gasteiger partial charge in [0.1, 0.15) is 0 Å². The Labute approximate surface area is 79.8 Å². The van der Waals surface area contributed by atoms with Crippen molar-refractivity contribution in [2.45, 2.75) is 11.7 Å². The maximum Gasteiger partial charge on any atom is 0.229 e. The topological polar surface area (TPSA) is 72.8 Å². The standard InChI is InChI=1S/C7H10N2O3S/c1-8-7-9(2)5(10)3-4(13-7)6(11)12/h4H,3H2,1-2H3,(H,11,12)/p-1/t4-/m0/s1. The number of hydrogen-bond donors (Lipinski definition) is 0. The lowest BCUT2D eigenvalue weighted by molar-refractivity contribution is -0.304. The van der Waals surface area contributed by atoms with Gasteiger partial charge < -0.3 is 9.90 Å². The molecule has 6 heteroatoms. The van der Waals surface area contributed by atoms with Gasteiger partial charge in [-0.05, 0) is 0 Å². The van der Waals surface area contributed by atoms with Crippen molar-refractivity contribution in [3.8, 4) is 0 Å². The van der Waals surface area contributed by atoms with Crippen LogP contribution in [-0.2, 0) is 9.59 Å². The Morgan fingerprint density at radius 3 is 2.85 bits per heavy atom. The summed E-state index contributed by atoms with van der Waals surface area (Å²) in [6, 6.07) is 0. The first-order chi connectivity index (χ1) is 6.06. The molecule has 1 heterocycles. The van der Waals surface area contributed by atoms with Crippen molar-refractivity contribution in [2.24, 2.45) is 4.99 Å². The number of aliphatic carboxylic acids is 1. The summed E-state index contributed by atoms with van der Waals surface area (Å²) < 4.78 is 0. The summed E-state index contributed by atoms with van der Waals surface area (Å²) >= 11 is 1.04. The molecule has 5 nitrogen and oxygen atoms in total. The molecule has 1 aliphatic rings. The number of amidine groups is 1. The molecule has 13 heavy (non-hydrogen) atoms. The number of hydrogen-bond acceptors (Lipinski definition) is 5. The maximum atomic E-state index is 11.2. The number of thioether (sulfide) groups is 1. The van der Waals surface area contributed by atoms with Crippen molar-refractivity contribution in [1.29, 1.82) is 0 Å². The zero-order valence-corrected chi connectivity index (χ0v) is 8.13. The second-order valence-corrected chi connectivity index (χ2v) is 3.76. The van der Waals surface area contributed by atoms with Crippen LogP contribution in [0.25, 0.3) is 0 Å². The fourth-order valence-electron chi connectivity index (χ4n) is 0.984. The van der Waals surface area contributed by atoms with Crippen molar-refractivity contribution >= 4 is 28.8 Å². The van der Waals surface area contributed by atoms with Gasteiger partial charge in [-0.25, -0.2) is 0 Å². The largest absolute Gasteiger partial charge is 0.549 e. The van der Waals surface area contributed by atoms with Crippen LogP contribution in [0.5, 0.6) is 0 Å². The number of carbonyl (C=O) groups excluding carboxylic acids is 2. The van der Waals surface area contributed by atoms with Crippen LogP contribution in [-0.4, -0.2) is 41.3 Å². The first-order valence-corrected chi connectivity index (χ1v) is 4.55. The van der Waals surface area contributed by atoms with E-state index in [-0.39, 0.29) is 12.3 Å². The molecule has 1 amide bonds. The van der Waals surface area contributed by atoms with Gasteiger partial charge in [0.2, 0.25) is 5.91 Å². The van der Waals surface area contributed by atoms with E-state index in [0.717, 1.165) is 11.8 Å². The van der Waals surface area contributed by atoms with E-state index in [1.807, 2.05) is 0 Å². The van der Waals surface area contributed by atoms with Gasteiger partial charge in [-0.2, -0.15) is 0 Å². The number of amides is 1. The third kappa shape index (κ3) is 2.00. The average molecular weight is 201 g/mol. The van der Waals surface area contributed by atoms with Gasteiger partial charge in [-0.15, -0.1) is 0 Å². The van der Waals surface area contributed by atoms with Crippen LogP contribution in [0.15, 0.2) is 4.99 Å². The highest BCUT2D eigenvalue weighted by atomic mass is 32.2. The van der Waals surface area contributed by atoms with Gasteiger partial charge in [0, 0.05) is 20.5 Å². The number of nitrogens with zero attached hydrogens (tertiary/aromatic N) is 2. The third-order valence-electron chi connectivity index (χ3n) is 1.72. The number of aliphatic imine (C=N–C) groups is 1. The van der Waals surface area contributed by atoms with Crippen LogP contribution in [0, 0.1) is 0 Å². The molecule has 1 fully saturated rings. The summed E-state index contributed by atoms with van der Waals surface area (Å²) in [7, 11) is 3.09. The highest BCUT2D eigenvalue weighted by Crippen LogP contribution is 2.24. The normalized spacial score (nSPS) is 26.6. The molecular formula is C7H9N2O3S-. The smallest absolute Gasteiger partial charge is 0.229 e. The molecule has 1 saturated heterocycles. The van der Waals surface area contributed by atoms with Crippen LogP contribution in [0.3, 0.4) is 0 Å². The van der Waals surface area contributed by atoms with Crippen LogP contribution < -0.4 is 5.11 Å². The average Bonchev–Trinajstić information content (AvgIpc) is 2.09. The fraction of sp³-hybridized carbons (Fsp3) is 0.571. The second kappa shape index (κ2) is 3.78. The molecular weight excluding hydrogens is 192 g/mol. The van der Waals surface area contributed by atoms with Crippen molar-refractivity contribution in [2.75, 3.05) is 14.1 Å². The van der Waals surface area contributed by atoms with Crippen molar-refractivity contribution in [1.82, 2.24) is 4.90 Å². The van der Waals surface area contributed by atoms with E-state index in [1.165, 1.54) is 11.9 Å². The summed E-state index contributed by atoms with van der Waals surface area (Å²) in [5, 5.41) is 10.1. The summed E-state index contributed by atoms with van der Waals surface area (Å²) in [6.07, 6.45) is -0.0253. The Bertz CT molecular complexity index is 277. The number of carboxylic acid groups (broad SMARTS) is 1. The molecule has 1 atom stereocenters. The Morgan fingerprint density at radius 2 is 2.38 bits per heavy atom. The van der Waals surface area contributed by atoms with E-state index in [1.54, 1.807) is 7.05 Å². The molecule has 0 bridgehead atoms. The molecule has 0 aromatic heterocycles. The second-order valence-electron chi connectivity index (χ2n) is 2.59. The summed E-state index contributed by atoms with van der Waals surface area (Å²) in [5.41, 5.74) is 0. The lowest BCUT2D eigenvalue weighted by Crippen LogP contribution is -2.45. The summed E-state index contributed by atoms with van der Waals surface area (Å²) in [5.74, 6) is -1.46. The van der Waals surface area contributed by atoms with Gasteiger partial charge in [0.15, 0.2) is 5.17 Å². The monoisotopic (exact) mass is 201 g/mol. The van der Waals surface area contributed by atoms with Gasteiger partial charge in [0.25, 0.3) is 0 Å². The number of carboxylic acids is 1. The van der Waals surface area contributed by atoms with Crippen LogP contribution >= 0.6 is 11.8 Å². The molecule has 0 radical (unpaired) electrons. The minimum absolute atomic E-state index is 0.0253. The highest BCUT2D eigenvalue weighted by molar-refractivity contribution is 8.15. The molecule has 72 valence electrons. The molecule has 0 spiro atoms. The van der Waals surface area contributed by atoms with Crippen molar-refractivity contribution in [3.05, 3.63) is 0 Å². The van der Waals surface area contributed by atoms with Crippen LogP contribution in [0.4, 0.5) is 0 Å². The fourth-order valence-corrected chi connectivity index (χ4v) is 1.93. The lowest BCUT2D eigenvalue weighted by atomic mass is 10.3. The minimum atomic E-state index is -1.22. The molecule has 0 aliphatic carbocycles. The van der Waals surface area contributed by atoms with E-state index >= 15 is 0 Å². The number of carbonyl (C=O) groups is 2. The molecule has 1 aliphatic heterocycles. The first-order valence-electron chi connectivity index (χ1n) is 3.67. The predicted molar refractivity (Wildman–Crippen MR) is 47.1 cm³/mol. The molecule has 0 unspecified atom stereocenters. The molecule has 0 saturated carbocycles. The van der Waals surface area contributed by atoms with Crippen molar-refractivity contribution < 1.29 is 14.7 Å². The van der Waals surface area contributed by atoms with E-state index in [9.17, 15) is 14.7 Å². The van der Waals surface area contributed by atoms with Gasteiger partial charge >= 0.3 is 0 Å². The van der Waals surface area contributed by atoms with Gasteiger partial charge in [0.05, 0.1) is 11.2 Å². The zero-order chi connectivity index (χ0) is 10.0. The Morgan fingerprint density at radius 1 is 1.77 bits per heavy atom. The predicted octanol–water partition coefficient (Wildman–Crippen LogP) is -1.31. The summed E-state index contributed by atoms with van der Waals surface area (Å²) in [4.78, 5) is 26.9. The zero-order valence-electron chi connectivity index (χ0n) is 7.31. The Hall–Kier alpha value is -1.04. The number of rotatable bonds is 1. The van der Waals surface area contributed by atoms with Gasteiger partial charge in [-0.3, -0.25) is 14.7 Å². The molecule has 0 aromatic rings.